The lowest BCUT2D eigenvalue weighted by atomic mass is 10.3. The Balaban J connectivity index is 2.16. The molecule has 8 nitrogen and oxygen atoms in total. The van der Waals surface area contributed by atoms with Gasteiger partial charge in [-0.1, -0.05) is 0 Å². The fourth-order valence-corrected chi connectivity index (χ4v) is 1.56. The van der Waals surface area contributed by atoms with E-state index in [4.69, 9.17) is 15.2 Å². The first-order chi connectivity index (χ1) is 10.1. The molecule has 21 heavy (non-hydrogen) atoms. The van der Waals surface area contributed by atoms with Gasteiger partial charge in [0.25, 0.3) is 0 Å². The zero-order chi connectivity index (χ0) is 15.4. The Hall–Kier alpha value is -3.03. The molecule has 8 heteroatoms. The molecule has 0 unspecified atom stereocenters. The maximum atomic E-state index is 11.9. The SMILES string of the molecule is COC(=O)c1[nH]nc(C(=O)Oc2ccc(OC)cc2)c1N. The average Bonchev–Trinajstić information content (AvgIpc) is 2.89. The number of nitrogens with zero attached hydrogens (tertiary/aromatic N) is 1. The highest BCUT2D eigenvalue weighted by molar-refractivity contribution is 6.01. The highest BCUT2D eigenvalue weighted by Gasteiger charge is 2.23. The molecule has 0 radical (unpaired) electrons. The van der Waals surface area contributed by atoms with Crippen molar-refractivity contribution >= 4 is 17.6 Å². The van der Waals surface area contributed by atoms with Crippen molar-refractivity contribution < 1.29 is 23.8 Å². The van der Waals surface area contributed by atoms with E-state index in [1.54, 1.807) is 24.3 Å². The van der Waals surface area contributed by atoms with Crippen LogP contribution in [0.4, 0.5) is 5.69 Å². The number of rotatable bonds is 4. The molecule has 2 aromatic rings. The molecule has 0 fully saturated rings. The van der Waals surface area contributed by atoms with Gasteiger partial charge in [0.15, 0.2) is 11.4 Å². The van der Waals surface area contributed by atoms with Crippen LogP contribution in [-0.4, -0.2) is 36.4 Å². The van der Waals surface area contributed by atoms with Crippen LogP contribution in [0.5, 0.6) is 11.5 Å². The third-order valence-electron chi connectivity index (χ3n) is 2.66. The van der Waals surface area contributed by atoms with Crippen molar-refractivity contribution in [3.05, 3.63) is 35.7 Å². The lowest BCUT2D eigenvalue weighted by Gasteiger charge is -2.04. The van der Waals surface area contributed by atoms with Crippen LogP contribution in [0.15, 0.2) is 24.3 Å². The van der Waals surface area contributed by atoms with Crippen molar-refractivity contribution in [2.24, 2.45) is 0 Å². The van der Waals surface area contributed by atoms with Crippen molar-refractivity contribution in [1.29, 1.82) is 0 Å². The number of esters is 2. The third-order valence-corrected chi connectivity index (χ3v) is 2.66. The van der Waals surface area contributed by atoms with Crippen molar-refractivity contribution in [2.75, 3.05) is 20.0 Å². The number of nitrogens with two attached hydrogens (primary N) is 1. The van der Waals surface area contributed by atoms with Gasteiger partial charge in [0.2, 0.25) is 0 Å². The molecule has 0 saturated heterocycles. The Labute approximate surface area is 119 Å². The monoisotopic (exact) mass is 291 g/mol. The van der Waals surface area contributed by atoms with Crippen LogP contribution in [0.25, 0.3) is 0 Å². The molecule has 0 bridgehead atoms. The molecule has 0 atom stereocenters. The molecule has 0 amide bonds. The van der Waals surface area contributed by atoms with E-state index in [1.807, 2.05) is 0 Å². The van der Waals surface area contributed by atoms with Crippen molar-refractivity contribution in [2.45, 2.75) is 0 Å². The number of benzene rings is 1. The van der Waals surface area contributed by atoms with Gasteiger partial charge in [-0.15, -0.1) is 0 Å². The summed E-state index contributed by atoms with van der Waals surface area (Å²) in [6.07, 6.45) is 0. The first kappa shape index (κ1) is 14.4. The number of methoxy groups -OCH3 is 2. The van der Waals surface area contributed by atoms with E-state index in [-0.39, 0.29) is 17.1 Å². The first-order valence-electron chi connectivity index (χ1n) is 5.85. The molecule has 3 N–H and O–H groups in total. The second kappa shape index (κ2) is 5.95. The molecule has 1 heterocycles. The summed E-state index contributed by atoms with van der Waals surface area (Å²) in [6, 6.07) is 6.38. The summed E-state index contributed by atoms with van der Waals surface area (Å²) < 4.78 is 14.6. The summed E-state index contributed by atoms with van der Waals surface area (Å²) in [5.74, 6) is -0.586. The van der Waals surface area contributed by atoms with Gasteiger partial charge in [-0.3, -0.25) is 5.10 Å². The Kier molecular flexibility index (Phi) is 4.07. The zero-order valence-electron chi connectivity index (χ0n) is 11.4. The number of aromatic nitrogens is 2. The Morgan fingerprint density at radius 3 is 2.29 bits per heavy atom. The number of anilines is 1. The standard InChI is InChI=1S/C13H13N3O5/c1-19-7-3-5-8(6-4-7)21-13(18)11-9(14)10(15-16-11)12(17)20-2/h3-6H,14H2,1-2H3,(H,15,16). The fraction of sp³-hybridized carbons (Fsp3) is 0.154. The lowest BCUT2D eigenvalue weighted by molar-refractivity contribution is 0.0595. The van der Waals surface area contributed by atoms with E-state index < -0.39 is 11.9 Å². The maximum absolute atomic E-state index is 11.9. The molecular formula is C13H13N3O5. The predicted octanol–water partition coefficient (Wildman–Crippen LogP) is 1.01. The number of H-pyrrole nitrogens is 1. The second-order valence-electron chi connectivity index (χ2n) is 3.92. The van der Waals surface area contributed by atoms with Crippen LogP contribution >= 0.6 is 0 Å². The first-order valence-corrected chi connectivity index (χ1v) is 5.85. The minimum Gasteiger partial charge on any atom is -0.497 e. The minimum absolute atomic E-state index is 0.0980. The van der Waals surface area contributed by atoms with Crippen LogP contribution < -0.4 is 15.2 Å². The quantitative estimate of drug-likeness (QED) is 0.637. The van der Waals surface area contributed by atoms with Gasteiger partial charge < -0.3 is 19.9 Å². The zero-order valence-corrected chi connectivity index (χ0v) is 11.4. The van der Waals surface area contributed by atoms with E-state index >= 15 is 0 Å². The molecule has 0 saturated carbocycles. The Morgan fingerprint density at radius 1 is 1.10 bits per heavy atom. The summed E-state index contributed by atoms with van der Waals surface area (Å²) in [4.78, 5) is 23.3. The lowest BCUT2D eigenvalue weighted by Crippen LogP contribution is -2.12. The number of nitrogens with one attached hydrogen (secondary N) is 1. The predicted molar refractivity (Wildman–Crippen MR) is 72.3 cm³/mol. The topological polar surface area (TPSA) is 117 Å². The van der Waals surface area contributed by atoms with Gasteiger partial charge in [-0.2, -0.15) is 5.10 Å². The van der Waals surface area contributed by atoms with Crippen LogP contribution in [-0.2, 0) is 4.74 Å². The smallest absolute Gasteiger partial charge is 0.366 e. The second-order valence-corrected chi connectivity index (χ2v) is 3.92. The minimum atomic E-state index is -0.788. The number of aromatic amines is 1. The van der Waals surface area contributed by atoms with E-state index in [2.05, 4.69) is 14.9 Å². The van der Waals surface area contributed by atoms with Gasteiger partial charge >= 0.3 is 11.9 Å². The molecule has 110 valence electrons. The molecule has 0 spiro atoms. The molecule has 2 rings (SSSR count). The van der Waals surface area contributed by atoms with Crippen LogP contribution in [0.1, 0.15) is 21.0 Å². The Bertz CT molecular complexity index is 663. The Morgan fingerprint density at radius 2 is 1.71 bits per heavy atom. The van der Waals surface area contributed by atoms with Gasteiger partial charge in [0.05, 0.1) is 19.9 Å². The molecule has 0 aliphatic rings. The summed E-state index contributed by atoms with van der Waals surface area (Å²) in [7, 11) is 2.72. The van der Waals surface area contributed by atoms with E-state index in [1.165, 1.54) is 14.2 Å². The average molecular weight is 291 g/mol. The molecular weight excluding hydrogens is 278 g/mol. The number of carbonyl (C=O) groups is 2. The summed E-state index contributed by atoms with van der Waals surface area (Å²) >= 11 is 0. The molecule has 0 aliphatic carbocycles. The summed E-state index contributed by atoms with van der Waals surface area (Å²) in [5.41, 5.74) is 5.25. The van der Waals surface area contributed by atoms with Crippen LogP contribution in [0.3, 0.4) is 0 Å². The van der Waals surface area contributed by atoms with Crippen molar-refractivity contribution in [3.8, 4) is 11.5 Å². The van der Waals surface area contributed by atoms with E-state index in [9.17, 15) is 9.59 Å². The normalized spacial score (nSPS) is 10.0. The highest BCUT2D eigenvalue weighted by atomic mass is 16.5. The molecule has 0 aliphatic heterocycles. The number of carbonyl (C=O) groups excluding carboxylic acids is 2. The van der Waals surface area contributed by atoms with E-state index in [0.717, 1.165) is 0 Å². The van der Waals surface area contributed by atoms with Crippen LogP contribution in [0, 0.1) is 0 Å². The number of hydrogen-bond donors (Lipinski definition) is 2. The van der Waals surface area contributed by atoms with Crippen molar-refractivity contribution in [3.63, 3.8) is 0 Å². The highest BCUT2D eigenvalue weighted by Crippen LogP contribution is 2.20. The maximum Gasteiger partial charge on any atom is 0.366 e. The van der Waals surface area contributed by atoms with Gasteiger partial charge in [0, 0.05) is 0 Å². The summed E-state index contributed by atoms with van der Waals surface area (Å²) in [6.45, 7) is 0. The largest absolute Gasteiger partial charge is 0.497 e. The van der Waals surface area contributed by atoms with E-state index in [0.29, 0.717) is 11.5 Å². The third kappa shape index (κ3) is 2.94. The van der Waals surface area contributed by atoms with Crippen molar-refractivity contribution in [1.82, 2.24) is 10.2 Å². The number of ether oxygens (including phenoxy) is 3. The van der Waals surface area contributed by atoms with Gasteiger partial charge in [-0.25, -0.2) is 9.59 Å². The number of hydrogen-bond acceptors (Lipinski definition) is 7. The summed E-state index contributed by atoms with van der Waals surface area (Å²) in [5, 5.41) is 6.00. The van der Waals surface area contributed by atoms with Crippen LogP contribution in [0.2, 0.25) is 0 Å². The molecule has 1 aromatic carbocycles. The van der Waals surface area contributed by atoms with Gasteiger partial charge in [0.1, 0.15) is 11.5 Å². The van der Waals surface area contributed by atoms with Gasteiger partial charge in [-0.05, 0) is 24.3 Å². The fourth-order valence-electron chi connectivity index (χ4n) is 1.56. The molecule has 1 aromatic heterocycles. The number of nitrogen functional groups attached to an aromatic ring is 1.